The van der Waals surface area contributed by atoms with Crippen molar-refractivity contribution in [2.75, 3.05) is 46.8 Å². The van der Waals surface area contributed by atoms with Crippen LogP contribution < -0.4 is 10.6 Å². The topological polar surface area (TPSA) is 60.0 Å². The Morgan fingerprint density at radius 2 is 1.72 bits per heavy atom. The second-order valence-electron chi connectivity index (χ2n) is 7.13. The van der Waals surface area contributed by atoms with Crippen LogP contribution in [-0.4, -0.2) is 74.5 Å². The molecule has 1 rings (SSSR count). The van der Waals surface area contributed by atoms with Gasteiger partial charge >= 0.3 is 0 Å². The first kappa shape index (κ1) is 24.4. The van der Waals surface area contributed by atoms with E-state index in [1.54, 1.807) is 19.0 Å². The molecule has 0 aromatic carbocycles. The van der Waals surface area contributed by atoms with Crippen LogP contribution in [0.1, 0.15) is 46.5 Å². The number of amides is 1. The van der Waals surface area contributed by atoms with Crippen molar-refractivity contribution in [2.45, 2.75) is 52.5 Å². The number of nitrogens with zero attached hydrogens (tertiary/aromatic N) is 3. The van der Waals surface area contributed by atoms with Gasteiger partial charge in [-0.2, -0.15) is 0 Å². The first-order valence-corrected chi connectivity index (χ1v) is 9.42. The fourth-order valence-electron chi connectivity index (χ4n) is 3.04. The lowest BCUT2D eigenvalue weighted by Crippen LogP contribution is -2.50. The molecule has 1 saturated heterocycles. The van der Waals surface area contributed by atoms with E-state index in [2.05, 4.69) is 34.4 Å². The summed E-state index contributed by atoms with van der Waals surface area (Å²) in [7, 11) is 3.51. The Kier molecular flexibility index (Phi) is 13.3. The number of nitrogens with one attached hydrogen (secondary N) is 2. The number of aliphatic imine (C=N–C) groups is 1. The Hall–Kier alpha value is -0.570. The van der Waals surface area contributed by atoms with E-state index in [0.29, 0.717) is 12.0 Å². The van der Waals surface area contributed by atoms with Crippen molar-refractivity contribution in [1.29, 1.82) is 0 Å². The highest BCUT2D eigenvalue weighted by Gasteiger charge is 2.22. The number of likely N-dealkylation sites (N-methyl/N-ethyl adjacent to an activating group) is 1. The standard InChI is InChI=1S/C18H37N5O.HI/c1-6-19-18(21-14-17(24)22(4)5)20-13-16(15(2)3)23-11-9-7-8-10-12-23;/h15-16H,6-14H2,1-5H3,(H2,19,20,21);1H. The van der Waals surface area contributed by atoms with Gasteiger partial charge in [-0.25, -0.2) is 4.99 Å². The number of carbonyl (C=O) groups is 1. The van der Waals surface area contributed by atoms with Gasteiger partial charge in [0.25, 0.3) is 0 Å². The van der Waals surface area contributed by atoms with E-state index >= 15 is 0 Å². The van der Waals surface area contributed by atoms with Gasteiger partial charge in [-0.15, -0.1) is 24.0 Å². The minimum absolute atomic E-state index is 0. The number of hydrogen-bond acceptors (Lipinski definition) is 3. The van der Waals surface area contributed by atoms with Gasteiger partial charge in [0.05, 0.1) is 0 Å². The van der Waals surface area contributed by atoms with Gasteiger partial charge in [-0.05, 0) is 38.8 Å². The van der Waals surface area contributed by atoms with Gasteiger partial charge in [-0.1, -0.05) is 26.7 Å². The molecule has 0 aromatic heterocycles. The van der Waals surface area contributed by atoms with Gasteiger partial charge < -0.3 is 15.5 Å². The molecule has 0 aromatic rings. The molecule has 1 unspecified atom stereocenters. The molecule has 7 heteroatoms. The highest BCUT2D eigenvalue weighted by molar-refractivity contribution is 14.0. The summed E-state index contributed by atoms with van der Waals surface area (Å²) < 4.78 is 0. The fraction of sp³-hybridized carbons (Fsp3) is 0.889. The van der Waals surface area contributed by atoms with Crippen LogP contribution in [0.5, 0.6) is 0 Å². The van der Waals surface area contributed by atoms with Crippen molar-refractivity contribution in [2.24, 2.45) is 10.9 Å². The van der Waals surface area contributed by atoms with Crippen molar-refractivity contribution in [3.8, 4) is 0 Å². The largest absolute Gasteiger partial charge is 0.357 e. The smallest absolute Gasteiger partial charge is 0.243 e. The molecule has 25 heavy (non-hydrogen) atoms. The maximum Gasteiger partial charge on any atom is 0.243 e. The van der Waals surface area contributed by atoms with Crippen LogP contribution in [0.25, 0.3) is 0 Å². The molecule has 148 valence electrons. The molecular formula is C18H38IN5O. The van der Waals surface area contributed by atoms with E-state index in [4.69, 9.17) is 0 Å². The Morgan fingerprint density at radius 3 is 2.20 bits per heavy atom. The Labute approximate surface area is 171 Å². The number of guanidine groups is 1. The number of carbonyl (C=O) groups excluding carboxylic acids is 1. The zero-order valence-corrected chi connectivity index (χ0v) is 19.0. The maximum atomic E-state index is 11.7. The minimum Gasteiger partial charge on any atom is -0.357 e. The first-order valence-electron chi connectivity index (χ1n) is 9.42. The third-order valence-corrected chi connectivity index (χ3v) is 4.57. The minimum atomic E-state index is 0. The molecule has 1 fully saturated rings. The number of rotatable bonds is 7. The van der Waals surface area contributed by atoms with Crippen LogP contribution >= 0.6 is 24.0 Å². The summed E-state index contributed by atoms with van der Waals surface area (Å²) in [5.74, 6) is 1.33. The highest BCUT2D eigenvalue weighted by Crippen LogP contribution is 2.17. The van der Waals surface area contributed by atoms with Crippen LogP contribution in [0.15, 0.2) is 4.99 Å². The van der Waals surface area contributed by atoms with Crippen molar-refractivity contribution in [1.82, 2.24) is 20.4 Å². The van der Waals surface area contributed by atoms with Crippen LogP contribution in [0.3, 0.4) is 0 Å². The number of hydrogen-bond donors (Lipinski definition) is 2. The molecule has 1 atom stereocenters. The van der Waals surface area contributed by atoms with E-state index in [-0.39, 0.29) is 36.4 Å². The van der Waals surface area contributed by atoms with E-state index < -0.39 is 0 Å². The maximum absolute atomic E-state index is 11.7. The van der Waals surface area contributed by atoms with E-state index in [1.165, 1.54) is 38.8 Å². The molecule has 0 saturated carbocycles. The van der Waals surface area contributed by atoms with Crippen molar-refractivity contribution in [3.63, 3.8) is 0 Å². The molecule has 2 N–H and O–H groups in total. The second kappa shape index (κ2) is 13.6. The predicted octanol–water partition coefficient (Wildman–Crippen LogP) is 2.15. The molecule has 1 aliphatic heterocycles. The molecule has 0 spiro atoms. The quantitative estimate of drug-likeness (QED) is 0.342. The Bertz CT molecular complexity index is 393. The fourth-order valence-corrected chi connectivity index (χ4v) is 3.04. The van der Waals surface area contributed by atoms with Crippen LogP contribution in [-0.2, 0) is 4.79 Å². The number of likely N-dealkylation sites (tertiary alicyclic amines) is 1. The lowest BCUT2D eigenvalue weighted by atomic mass is 10.0. The summed E-state index contributed by atoms with van der Waals surface area (Å²) in [6, 6.07) is 0.497. The van der Waals surface area contributed by atoms with Gasteiger partial charge in [0, 0.05) is 33.2 Å². The van der Waals surface area contributed by atoms with Crippen LogP contribution in [0, 0.1) is 5.92 Å². The van der Waals surface area contributed by atoms with Crippen molar-refractivity contribution < 1.29 is 4.79 Å². The highest BCUT2D eigenvalue weighted by atomic mass is 127. The van der Waals surface area contributed by atoms with Gasteiger partial charge in [-0.3, -0.25) is 9.69 Å². The molecule has 1 aliphatic rings. The third kappa shape index (κ3) is 9.63. The van der Waals surface area contributed by atoms with Gasteiger partial charge in [0.15, 0.2) is 5.96 Å². The summed E-state index contributed by atoms with van der Waals surface area (Å²) in [5, 5.41) is 6.68. The lowest BCUT2D eigenvalue weighted by molar-refractivity contribution is -0.127. The molecule has 6 nitrogen and oxygen atoms in total. The van der Waals surface area contributed by atoms with E-state index in [9.17, 15) is 4.79 Å². The van der Waals surface area contributed by atoms with Gasteiger partial charge in [0.2, 0.25) is 5.91 Å². The third-order valence-electron chi connectivity index (χ3n) is 4.57. The first-order chi connectivity index (χ1) is 11.5. The lowest BCUT2D eigenvalue weighted by Gasteiger charge is -2.34. The molecular weight excluding hydrogens is 429 g/mol. The zero-order chi connectivity index (χ0) is 17.9. The summed E-state index contributed by atoms with van der Waals surface area (Å²) >= 11 is 0. The normalized spacial score (nSPS) is 17.4. The SMILES string of the molecule is CCNC(=NCC(=O)N(C)C)NCC(C(C)C)N1CCCCCC1.I. The molecule has 1 amide bonds. The number of halogens is 1. The summed E-state index contributed by atoms with van der Waals surface area (Å²) in [6.07, 6.45) is 5.31. The van der Waals surface area contributed by atoms with Crippen LogP contribution in [0.2, 0.25) is 0 Å². The Morgan fingerprint density at radius 1 is 1.12 bits per heavy atom. The predicted molar refractivity (Wildman–Crippen MR) is 117 cm³/mol. The van der Waals surface area contributed by atoms with E-state index in [0.717, 1.165) is 19.0 Å². The second-order valence-corrected chi connectivity index (χ2v) is 7.13. The average molecular weight is 467 g/mol. The summed E-state index contributed by atoms with van der Waals surface area (Å²) in [5.41, 5.74) is 0. The molecule has 0 bridgehead atoms. The van der Waals surface area contributed by atoms with Crippen molar-refractivity contribution in [3.05, 3.63) is 0 Å². The van der Waals surface area contributed by atoms with Crippen LogP contribution in [0.4, 0.5) is 0 Å². The summed E-state index contributed by atoms with van der Waals surface area (Å²) in [6.45, 7) is 10.8. The Balaban J connectivity index is 0.00000576. The zero-order valence-electron chi connectivity index (χ0n) is 16.7. The average Bonchev–Trinajstić information content (AvgIpc) is 2.81. The molecule has 1 heterocycles. The monoisotopic (exact) mass is 467 g/mol. The van der Waals surface area contributed by atoms with Crippen molar-refractivity contribution >= 4 is 35.8 Å². The van der Waals surface area contributed by atoms with Gasteiger partial charge in [0.1, 0.15) is 6.54 Å². The molecule has 0 radical (unpaired) electrons. The van der Waals surface area contributed by atoms with E-state index in [1.807, 2.05) is 6.92 Å². The molecule has 0 aliphatic carbocycles. The summed E-state index contributed by atoms with van der Waals surface area (Å²) in [4.78, 5) is 20.3.